The second-order valence-corrected chi connectivity index (χ2v) is 16.2. The SMILES string of the molecule is CN[C@H](C(=O)NC(C(=O)N(C)C/C=C(\C)C(=O)N[C@H](CCC(=O)NCCN1C(=O)C=CC1=O)C(=O)OC(C)(C)C)C(C)(C)C)C(C)(C)c1cccc(OC)c1. The zero-order valence-electron chi connectivity index (χ0n) is 34.4. The van der Waals surface area contributed by atoms with Crippen LogP contribution in [0.25, 0.3) is 0 Å². The zero-order valence-corrected chi connectivity index (χ0v) is 34.4. The van der Waals surface area contributed by atoms with Gasteiger partial charge in [0.1, 0.15) is 23.4 Å². The number of imide groups is 1. The Morgan fingerprint density at radius 1 is 0.927 bits per heavy atom. The fourth-order valence-corrected chi connectivity index (χ4v) is 5.78. The molecule has 0 spiro atoms. The molecule has 55 heavy (non-hydrogen) atoms. The molecule has 1 aromatic carbocycles. The van der Waals surface area contributed by atoms with Gasteiger partial charge in [0.05, 0.1) is 13.2 Å². The highest BCUT2D eigenvalue weighted by Gasteiger charge is 2.41. The van der Waals surface area contributed by atoms with Crippen LogP contribution in [0.15, 0.2) is 48.1 Å². The minimum absolute atomic E-state index is 0.00858. The van der Waals surface area contributed by atoms with Crippen LogP contribution < -0.4 is 26.0 Å². The Labute approximate surface area is 325 Å². The number of hydrogen-bond donors (Lipinski definition) is 4. The zero-order chi connectivity index (χ0) is 41.9. The van der Waals surface area contributed by atoms with E-state index in [1.54, 1.807) is 42.0 Å². The molecule has 3 atom stereocenters. The molecular weight excluding hydrogens is 708 g/mol. The van der Waals surface area contributed by atoms with E-state index in [4.69, 9.17) is 9.47 Å². The molecule has 6 amide bonds. The van der Waals surface area contributed by atoms with Crippen LogP contribution in [-0.2, 0) is 43.7 Å². The lowest BCUT2D eigenvalue weighted by atomic mass is 9.76. The number of methoxy groups -OCH3 is 1. The summed E-state index contributed by atoms with van der Waals surface area (Å²) in [6, 6.07) is 4.68. The van der Waals surface area contributed by atoms with Crippen LogP contribution in [0.1, 0.15) is 80.7 Å². The molecule has 1 heterocycles. The van der Waals surface area contributed by atoms with Gasteiger partial charge in [-0.2, -0.15) is 0 Å². The number of likely N-dealkylation sites (N-methyl/N-ethyl adjacent to an activating group) is 2. The molecule has 15 heteroatoms. The summed E-state index contributed by atoms with van der Waals surface area (Å²) in [7, 11) is 4.83. The molecule has 1 aliphatic heterocycles. The van der Waals surface area contributed by atoms with Crippen molar-refractivity contribution in [2.75, 3.05) is 40.8 Å². The lowest BCUT2D eigenvalue weighted by Crippen LogP contribution is -2.60. The highest BCUT2D eigenvalue weighted by Crippen LogP contribution is 2.31. The second kappa shape index (κ2) is 19.5. The summed E-state index contributed by atoms with van der Waals surface area (Å²) in [5.41, 5.74) is -1.15. The molecular formula is C40H60N6O9. The smallest absolute Gasteiger partial charge is 0.329 e. The monoisotopic (exact) mass is 768 g/mol. The van der Waals surface area contributed by atoms with E-state index >= 15 is 0 Å². The average molecular weight is 769 g/mol. The number of ether oxygens (including phenoxy) is 2. The Bertz CT molecular complexity index is 1640. The topological polar surface area (TPSA) is 193 Å². The quantitative estimate of drug-likeness (QED) is 0.0978. The number of hydrogen-bond acceptors (Lipinski definition) is 10. The van der Waals surface area contributed by atoms with E-state index < -0.39 is 64.2 Å². The van der Waals surface area contributed by atoms with Gasteiger partial charge >= 0.3 is 5.97 Å². The number of esters is 1. The van der Waals surface area contributed by atoms with Gasteiger partial charge in [0.15, 0.2) is 0 Å². The Morgan fingerprint density at radius 2 is 1.55 bits per heavy atom. The van der Waals surface area contributed by atoms with Crippen LogP contribution in [0.2, 0.25) is 0 Å². The minimum atomic E-state index is -1.17. The van der Waals surface area contributed by atoms with Crippen molar-refractivity contribution >= 4 is 41.4 Å². The van der Waals surface area contributed by atoms with E-state index in [0.717, 1.165) is 22.6 Å². The highest BCUT2D eigenvalue weighted by molar-refractivity contribution is 6.12. The molecule has 0 saturated heterocycles. The van der Waals surface area contributed by atoms with Crippen molar-refractivity contribution in [1.29, 1.82) is 0 Å². The van der Waals surface area contributed by atoms with E-state index in [9.17, 15) is 33.6 Å². The average Bonchev–Trinajstić information content (AvgIpc) is 3.41. The summed E-state index contributed by atoms with van der Waals surface area (Å²) < 4.78 is 10.9. The first kappa shape index (κ1) is 46.1. The van der Waals surface area contributed by atoms with E-state index in [1.165, 1.54) is 17.9 Å². The summed E-state index contributed by atoms with van der Waals surface area (Å²) in [5, 5.41) is 11.3. The van der Waals surface area contributed by atoms with Crippen LogP contribution in [0, 0.1) is 5.41 Å². The Hall–Kier alpha value is -5.05. The number of carbonyl (C=O) groups excluding carboxylic acids is 7. The lowest BCUT2D eigenvalue weighted by Gasteiger charge is -2.38. The van der Waals surface area contributed by atoms with Gasteiger partial charge in [-0.1, -0.05) is 52.8 Å². The van der Waals surface area contributed by atoms with Crippen molar-refractivity contribution < 1.29 is 43.0 Å². The molecule has 15 nitrogen and oxygen atoms in total. The third-order valence-corrected chi connectivity index (χ3v) is 9.11. The Morgan fingerprint density at radius 3 is 2.09 bits per heavy atom. The van der Waals surface area contributed by atoms with Crippen LogP contribution >= 0.6 is 0 Å². The summed E-state index contributed by atoms with van der Waals surface area (Å²) in [6.07, 6.45) is 3.59. The Balaban J connectivity index is 2.12. The number of carbonyl (C=O) groups is 7. The van der Waals surface area contributed by atoms with Crippen molar-refractivity contribution in [3.8, 4) is 5.75 Å². The molecule has 2 rings (SSSR count). The molecule has 1 aliphatic rings. The van der Waals surface area contributed by atoms with Gasteiger partial charge in [0.2, 0.25) is 23.6 Å². The van der Waals surface area contributed by atoms with Gasteiger partial charge in [0.25, 0.3) is 11.8 Å². The summed E-state index contributed by atoms with van der Waals surface area (Å²) in [5.74, 6) is -2.78. The van der Waals surface area contributed by atoms with Gasteiger partial charge in [-0.25, -0.2) is 4.79 Å². The predicted molar refractivity (Wildman–Crippen MR) is 208 cm³/mol. The Kier molecular flexibility index (Phi) is 16.4. The third-order valence-electron chi connectivity index (χ3n) is 9.11. The van der Waals surface area contributed by atoms with Crippen LogP contribution in [-0.4, -0.2) is 116 Å². The number of amides is 6. The van der Waals surface area contributed by atoms with Crippen molar-refractivity contribution in [2.45, 2.75) is 104 Å². The summed E-state index contributed by atoms with van der Waals surface area (Å²) in [4.78, 5) is 92.5. The van der Waals surface area contributed by atoms with E-state index in [2.05, 4.69) is 21.3 Å². The van der Waals surface area contributed by atoms with Gasteiger partial charge in [0, 0.05) is 56.2 Å². The standard InChI is InChI=1S/C40H60N6O9/c1-25(34(50)43-28(37(53)55-39(5,6)7)16-17-29(47)42-21-23-46-30(48)18-19-31(46)49)20-22-45(11)36(52)33(38(2,3)4)44-35(51)32(41-10)40(8,9)26-14-13-15-27(24-26)54-12/h13-15,18-20,24,28,32-33,41H,16-17,21-23H2,1-12H3,(H,42,47)(H,43,50)(H,44,51)/b25-20+/t28-,32-,33?/m1/s1. The second-order valence-electron chi connectivity index (χ2n) is 16.2. The van der Waals surface area contributed by atoms with Gasteiger partial charge in [-0.3, -0.25) is 33.7 Å². The maximum absolute atomic E-state index is 13.9. The van der Waals surface area contributed by atoms with Gasteiger partial charge in [-0.05, 0) is 64.3 Å². The number of nitrogens with one attached hydrogen (secondary N) is 4. The molecule has 0 aliphatic carbocycles. The van der Waals surface area contributed by atoms with E-state index in [-0.39, 0.29) is 49.9 Å². The highest BCUT2D eigenvalue weighted by atomic mass is 16.6. The molecule has 4 N–H and O–H groups in total. The first-order valence-electron chi connectivity index (χ1n) is 18.3. The van der Waals surface area contributed by atoms with Gasteiger partial charge in [-0.15, -0.1) is 0 Å². The van der Waals surface area contributed by atoms with E-state index in [0.29, 0.717) is 5.75 Å². The fraction of sp³-hybridized carbons (Fsp3) is 0.575. The number of benzene rings is 1. The van der Waals surface area contributed by atoms with Crippen molar-refractivity contribution in [2.24, 2.45) is 5.41 Å². The largest absolute Gasteiger partial charge is 0.497 e. The molecule has 1 aromatic rings. The normalized spacial score (nSPS) is 15.2. The fourth-order valence-electron chi connectivity index (χ4n) is 5.78. The first-order chi connectivity index (χ1) is 25.4. The predicted octanol–water partition coefficient (Wildman–Crippen LogP) is 2.14. The van der Waals surface area contributed by atoms with Crippen LogP contribution in [0.4, 0.5) is 0 Å². The van der Waals surface area contributed by atoms with Crippen LogP contribution in [0.5, 0.6) is 5.75 Å². The minimum Gasteiger partial charge on any atom is -0.497 e. The maximum Gasteiger partial charge on any atom is 0.329 e. The lowest BCUT2D eigenvalue weighted by molar-refractivity contribution is -0.158. The van der Waals surface area contributed by atoms with Crippen molar-refractivity contribution in [3.05, 3.63) is 53.6 Å². The number of nitrogens with zero attached hydrogens (tertiary/aromatic N) is 2. The summed E-state index contributed by atoms with van der Waals surface area (Å²) >= 11 is 0. The molecule has 0 bridgehead atoms. The molecule has 0 radical (unpaired) electrons. The summed E-state index contributed by atoms with van der Waals surface area (Å²) in [6.45, 7) is 16.0. The van der Waals surface area contributed by atoms with Crippen molar-refractivity contribution in [3.63, 3.8) is 0 Å². The van der Waals surface area contributed by atoms with E-state index in [1.807, 2.05) is 58.9 Å². The molecule has 304 valence electrons. The molecule has 0 fully saturated rings. The molecule has 0 saturated carbocycles. The third kappa shape index (κ3) is 13.6. The first-order valence-corrected chi connectivity index (χ1v) is 18.3. The van der Waals surface area contributed by atoms with Crippen LogP contribution in [0.3, 0.4) is 0 Å². The van der Waals surface area contributed by atoms with Gasteiger partial charge < -0.3 is 35.6 Å². The molecule has 0 aromatic heterocycles. The molecule has 1 unspecified atom stereocenters. The van der Waals surface area contributed by atoms with Crippen molar-refractivity contribution in [1.82, 2.24) is 31.1 Å². The number of rotatable bonds is 18. The maximum atomic E-state index is 13.9.